The Morgan fingerprint density at radius 1 is 0.850 bits per heavy atom. The first-order chi connectivity index (χ1) is 9.77. The molecule has 0 unspecified atom stereocenters. The first-order valence-corrected chi connectivity index (χ1v) is 8.03. The van der Waals surface area contributed by atoms with Crippen molar-refractivity contribution in [1.82, 2.24) is 4.57 Å². The van der Waals surface area contributed by atoms with Crippen molar-refractivity contribution in [3.63, 3.8) is 0 Å². The van der Waals surface area contributed by atoms with E-state index in [2.05, 4.69) is 96.3 Å². The Bertz CT molecular complexity index is 631. The van der Waals surface area contributed by atoms with E-state index < -0.39 is 7.92 Å². The number of rotatable bonds is 3. The standard InChI is InChI=1S/C17H18N2P/c1-18-13-14-19(2)17(18)20(15-9-5-3-6-10-15)16-11-7-4-8-12-16/h3-14H,1-2H3/q+1. The number of nitrogens with zero attached hydrogens (tertiary/aromatic N) is 2. The van der Waals surface area contributed by atoms with Crippen molar-refractivity contribution < 1.29 is 4.57 Å². The number of hydrogen-bond acceptors (Lipinski definition) is 0. The van der Waals surface area contributed by atoms with E-state index in [0.29, 0.717) is 0 Å². The quantitative estimate of drug-likeness (QED) is 0.509. The largest absolute Gasteiger partial charge is 0.285 e. The third-order valence-corrected chi connectivity index (χ3v) is 6.03. The number of aromatic nitrogens is 2. The minimum absolute atomic E-state index is 0.525. The van der Waals surface area contributed by atoms with Crippen LogP contribution < -0.4 is 20.7 Å². The van der Waals surface area contributed by atoms with Gasteiger partial charge in [0, 0.05) is 0 Å². The zero-order valence-electron chi connectivity index (χ0n) is 11.8. The van der Waals surface area contributed by atoms with Gasteiger partial charge in [-0.2, -0.15) is 0 Å². The molecule has 0 fully saturated rings. The molecule has 0 saturated carbocycles. The molecular weight excluding hydrogens is 263 g/mol. The molecular formula is C17H18N2P+. The average Bonchev–Trinajstić information content (AvgIpc) is 2.82. The fraction of sp³-hybridized carbons (Fsp3) is 0.118. The highest BCUT2D eigenvalue weighted by molar-refractivity contribution is 7.79. The Morgan fingerprint density at radius 3 is 1.75 bits per heavy atom. The molecule has 0 saturated heterocycles. The first-order valence-electron chi connectivity index (χ1n) is 6.68. The summed E-state index contributed by atoms with van der Waals surface area (Å²) >= 11 is 0. The van der Waals surface area contributed by atoms with Crippen LogP contribution in [0.25, 0.3) is 0 Å². The van der Waals surface area contributed by atoms with Crippen LogP contribution in [0.3, 0.4) is 0 Å². The Kier molecular flexibility index (Phi) is 3.66. The number of aryl methyl sites for hydroxylation is 2. The van der Waals surface area contributed by atoms with Gasteiger partial charge in [-0.05, 0) is 10.6 Å². The van der Waals surface area contributed by atoms with Gasteiger partial charge in [0.1, 0.15) is 12.4 Å². The van der Waals surface area contributed by atoms with Gasteiger partial charge in [0.25, 0.3) is 5.57 Å². The lowest BCUT2D eigenvalue weighted by Gasteiger charge is -2.15. The maximum absolute atomic E-state index is 2.23. The third-order valence-electron chi connectivity index (χ3n) is 3.37. The highest BCUT2D eigenvalue weighted by Crippen LogP contribution is 2.30. The summed E-state index contributed by atoms with van der Waals surface area (Å²) < 4.78 is 4.46. The van der Waals surface area contributed by atoms with Gasteiger partial charge in [-0.15, -0.1) is 0 Å². The van der Waals surface area contributed by atoms with Crippen molar-refractivity contribution in [1.29, 1.82) is 0 Å². The van der Waals surface area contributed by atoms with Crippen molar-refractivity contribution in [2.24, 2.45) is 14.1 Å². The monoisotopic (exact) mass is 281 g/mol. The van der Waals surface area contributed by atoms with Crippen LogP contribution in [0.4, 0.5) is 0 Å². The number of benzene rings is 2. The van der Waals surface area contributed by atoms with Crippen LogP contribution in [0.1, 0.15) is 0 Å². The number of hydrogen-bond donors (Lipinski definition) is 0. The van der Waals surface area contributed by atoms with E-state index in [1.807, 2.05) is 0 Å². The van der Waals surface area contributed by atoms with Crippen molar-refractivity contribution in [2.75, 3.05) is 0 Å². The first kappa shape index (κ1) is 13.1. The van der Waals surface area contributed by atoms with Crippen molar-refractivity contribution >= 4 is 24.1 Å². The molecule has 0 bridgehead atoms. The van der Waals surface area contributed by atoms with E-state index in [0.717, 1.165) is 0 Å². The van der Waals surface area contributed by atoms with Crippen LogP contribution in [-0.2, 0) is 14.1 Å². The highest BCUT2D eigenvalue weighted by Gasteiger charge is 2.27. The van der Waals surface area contributed by atoms with E-state index in [1.54, 1.807) is 0 Å². The van der Waals surface area contributed by atoms with Crippen LogP contribution in [0.2, 0.25) is 0 Å². The maximum atomic E-state index is 2.23. The zero-order valence-corrected chi connectivity index (χ0v) is 12.7. The molecule has 20 heavy (non-hydrogen) atoms. The van der Waals surface area contributed by atoms with Gasteiger partial charge >= 0.3 is 0 Å². The molecule has 3 aromatic rings. The normalized spacial score (nSPS) is 10.9. The van der Waals surface area contributed by atoms with E-state index in [1.165, 1.54) is 16.2 Å². The minimum atomic E-state index is -0.525. The predicted octanol–water partition coefficient (Wildman–Crippen LogP) is 1.61. The lowest BCUT2D eigenvalue weighted by atomic mass is 10.4. The van der Waals surface area contributed by atoms with Crippen LogP contribution in [0.5, 0.6) is 0 Å². The van der Waals surface area contributed by atoms with Crippen molar-refractivity contribution in [3.8, 4) is 0 Å². The second kappa shape index (κ2) is 5.60. The fourth-order valence-corrected chi connectivity index (χ4v) is 4.90. The Labute approximate surface area is 121 Å². The van der Waals surface area contributed by atoms with Crippen LogP contribution in [0.15, 0.2) is 73.1 Å². The summed E-state index contributed by atoms with van der Waals surface area (Å²) in [6.45, 7) is 0. The molecule has 3 rings (SSSR count). The SMILES string of the molecule is Cn1cc[n+](C)c1P(c1ccccc1)c1ccccc1. The fourth-order valence-electron chi connectivity index (χ4n) is 2.43. The summed E-state index contributed by atoms with van der Waals surface area (Å²) in [5, 5.41) is 2.76. The summed E-state index contributed by atoms with van der Waals surface area (Å²) in [6.07, 6.45) is 4.24. The van der Waals surface area contributed by atoms with Gasteiger partial charge in [0.2, 0.25) is 0 Å². The molecule has 0 radical (unpaired) electrons. The molecule has 3 heteroatoms. The van der Waals surface area contributed by atoms with Gasteiger partial charge in [0.05, 0.1) is 22.0 Å². The van der Waals surface area contributed by atoms with Crippen LogP contribution >= 0.6 is 7.92 Å². The molecule has 0 N–H and O–H groups in total. The molecule has 0 amide bonds. The van der Waals surface area contributed by atoms with Crippen LogP contribution in [0, 0.1) is 0 Å². The van der Waals surface area contributed by atoms with Gasteiger partial charge in [-0.3, -0.25) is 0 Å². The molecule has 0 atom stereocenters. The van der Waals surface area contributed by atoms with E-state index in [4.69, 9.17) is 0 Å². The summed E-state index contributed by atoms with van der Waals surface area (Å²) in [4.78, 5) is 0. The predicted molar refractivity (Wildman–Crippen MR) is 85.3 cm³/mol. The average molecular weight is 281 g/mol. The molecule has 0 spiro atoms. The van der Waals surface area contributed by atoms with E-state index >= 15 is 0 Å². The van der Waals surface area contributed by atoms with Gasteiger partial charge < -0.3 is 0 Å². The lowest BCUT2D eigenvalue weighted by Crippen LogP contribution is -2.47. The molecule has 2 nitrogen and oxygen atoms in total. The number of imidazole rings is 1. The molecule has 0 aliphatic heterocycles. The maximum Gasteiger partial charge on any atom is 0.285 e. The molecule has 1 aromatic heterocycles. The van der Waals surface area contributed by atoms with Crippen molar-refractivity contribution in [3.05, 3.63) is 73.1 Å². The van der Waals surface area contributed by atoms with Gasteiger partial charge in [-0.1, -0.05) is 60.7 Å². The van der Waals surface area contributed by atoms with E-state index in [9.17, 15) is 0 Å². The Morgan fingerprint density at radius 2 is 1.35 bits per heavy atom. The minimum Gasteiger partial charge on any atom is -0.233 e. The lowest BCUT2D eigenvalue weighted by molar-refractivity contribution is -0.652. The Balaban J connectivity index is 2.20. The third kappa shape index (κ3) is 2.39. The summed E-state index contributed by atoms with van der Waals surface area (Å²) in [5.41, 5.74) is 1.34. The topological polar surface area (TPSA) is 8.81 Å². The smallest absolute Gasteiger partial charge is 0.233 e. The molecule has 100 valence electrons. The Hall–Kier alpha value is -1.92. The summed E-state index contributed by atoms with van der Waals surface area (Å²) in [7, 11) is 3.72. The second-order valence-corrected chi connectivity index (χ2v) is 6.93. The zero-order chi connectivity index (χ0) is 13.9. The summed E-state index contributed by atoms with van der Waals surface area (Å²) in [5.74, 6) is 0. The molecule has 2 aromatic carbocycles. The van der Waals surface area contributed by atoms with Gasteiger partial charge in [0.15, 0.2) is 0 Å². The molecule has 1 heterocycles. The van der Waals surface area contributed by atoms with Crippen LogP contribution in [-0.4, -0.2) is 4.57 Å². The van der Waals surface area contributed by atoms with Crippen molar-refractivity contribution in [2.45, 2.75) is 0 Å². The molecule has 0 aliphatic rings. The highest BCUT2D eigenvalue weighted by atomic mass is 31.1. The van der Waals surface area contributed by atoms with E-state index in [-0.39, 0.29) is 0 Å². The van der Waals surface area contributed by atoms with Gasteiger partial charge in [-0.25, -0.2) is 9.13 Å². The molecule has 0 aliphatic carbocycles. The second-order valence-electron chi connectivity index (χ2n) is 4.83. The summed E-state index contributed by atoms with van der Waals surface area (Å²) in [6, 6.07) is 21.6.